The highest BCUT2D eigenvalue weighted by molar-refractivity contribution is 7.80. The predicted molar refractivity (Wildman–Crippen MR) is 113 cm³/mol. The zero-order valence-electron chi connectivity index (χ0n) is 15.1. The summed E-state index contributed by atoms with van der Waals surface area (Å²) in [5, 5.41) is 9.14. The third kappa shape index (κ3) is 3.15. The van der Waals surface area contributed by atoms with Gasteiger partial charge in [0.25, 0.3) is 0 Å². The second-order valence-corrected chi connectivity index (χ2v) is 9.42. The van der Waals surface area contributed by atoms with E-state index in [4.69, 9.17) is 24.4 Å². The van der Waals surface area contributed by atoms with E-state index < -0.39 is 0 Å². The SMILES string of the molecule is S=C(N[C@H]1C[C@H]2C=C[C@@H]1C2)N1CCN(C(=S)N[C@@H]2C[C@@H]3C=C[C@@H]2C3)CC1. The second-order valence-electron chi connectivity index (χ2n) is 8.65. The van der Waals surface area contributed by atoms with E-state index in [1.54, 1.807) is 0 Å². The summed E-state index contributed by atoms with van der Waals surface area (Å²) in [4.78, 5) is 4.65. The monoisotopic (exact) mass is 388 g/mol. The smallest absolute Gasteiger partial charge is 0.169 e. The summed E-state index contributed by atoms with van der Waals surface area (Å²) in [5.74, 6) is 2.93. The van der Waals surface area contributed by atoms with Crippen molar-refractivity contribution in [2.75, 3.05) is 26.2 Å². The van der Waals surface area contributed by atoms with Crippen LogP contribution >= 0.6 is 24.4 Å². The van der Waals surface area contributed by atoms with Gasteiger partial charge in [0.05, 0.1) is 0 Å². The van der Waals surface area contributed by atoms with Gasteiger partial charge in [0.15, 0.2) is 10.2 Å². The van der Waals surface area contributed by atoms with Gasteiger partial charge < -0.3 is 20.4 Å². The van der Waals surface area contributed by atoms with Crippen LogP contribution in [-0.2, 0) is 0 Å². The molecule has 4 aliphatic carbocycles. The number of hydrogen-bond donors (Lipinski definition) is 2. The lowest BCUT2D eigenvalue weighted by Gasteiger charge is -2.39. The number of fused-ring (bicyclic) bond motifs is 4. The number of rotatable bonds is 2. The highest BCUT2D eigenvalue weighted by atomic mass is 32.1. The van der Waals surface area contributed by atoms with Gasteiger partial charge in [0.1, 0.15) is 0 Å². The standard InChI is InChI=1S/C20H28N4S2/c25-19(21-17-11-13-1-3-15(17)9-13)23-5-7-24(8-6-23)20(26)22-18-12-14-2-4-16(18)10-14/h1-4,13-18H,5-12H2,(H,21,25)(H,22,26)/t13-,14+,15-,16-,17-,18+/m1/s1. The maximum Gasteiger partial charge on any atom is 0.169 e. The van der Waals surface area contributed by atoms with Crippen molar-refractivity contribution < 1.29 is 0 Å². The molecule has 0 aromatic heterocycles. The first kappa shape index (κ1) is 17.0. The van der Waals surface area contributed by atoms with Crippen molar-refractivity contribution in [3.63, 3.8) is 0 Å². The molecular weight excluding hydrogens is 360 g/mol. The molecule has 0 amide bonds. The number of allylic oxidation sites excluding steroid dienone is 2. The van der Waals surface area contributed by atoms with Crippen molar-refractivity contribution in [2.24, 2.45) is 23.7 Å². The Morgan fingerprint density at radius 2 is 1.08 bits per heavy atom. The van der Waals surface area contributed by atoms with Crippen molar-refractivity contribution in [3.8, 4) is 0 Å². The van der Waals surface area contributed by atoms with Crippen LogP contribution in [0.25, 0.3) is 0 Å². The first-order chi connectivity index (χ1) is 12.7. The number of nitrogens with one attached hydrogen (secondary N) is 2. The van der Waals surface area contributed by atoms with Gasteiger partial charge in [-0.25, -0.2) is 0 Å². The van der Waals surface area contributed by atoms with Crippen molar-refractivity contribution in [2.45, 2.75) is 37.8 Å². The molecule has 1 aliphatic heterocycles. The highest BCUT2D eigenvalue weighted by Gasteiger charge is 2.38. The average Bonchev–Trinajstić information content (AvgIpc) is 3.43. The maximum atomic E-state index is 5.70. The molecule has 0 aromatic carbocycles. The Kier molecular flexibility index (Phi) is 4.44. The zero-order valence-corrected chi connectivity index (χ0v) is 16.8. The number of piperazine rings is 1. The van der Waals surface area contributed by atoms with Gasteiger partial charge in [-0.1, -0.05) is 24.3 Å². The molecular formula is C20H28N4S2. The Labute approximate surface area is 167 Å². The van der Waals surface area contributed by atoms with Crippen LogP contribution in [0.3, 0.4) is 0 Å². The lowest BCUT2D eigenvalue weighted by Crippen LogP contribution is -2.57. The lowest BCUT2D eigenvalue weighted by molar-refractivity contribution is 0.249. The Hall–Kier alpha value is -1.14. The van der Waals surface area contributed by atoms with E-state index in [1.807, 2.05) is 0 Å². The topological polar surface area (TPSA) is 30.5 Å². The molecule has 1 saturated heterocycles. The Balaban J connectivity index is 1.08. The van der Waals surface area contributed by atoms with Crippen molar-refractivity contribution >= 4 is 34.7 Å². The number of hydrogen-bond acceptors (Lipinski definition) is 2. The minimum absolute atomic E-state index is 0.545. The van der Waals surface area contributed by atoms with E-state index in [1.165, 1.54) is 25.7 Å². The Morgan fingerprint density at radius 1 is 0.654 bits per heavy atom. The molecule has 140 valence electrons. The van der Waals surface area contributed by atoms with Crippen molar-refractivity contribution in [1.29, 1.82) is 0 Å². The first-order valence-corrected chi connectivity index (χ1v) is 10.9. The van der Waals surface area contributed by atoms with Gasteiger partial charge in [-0.2, -0.15) is 0 Å². The summed E-state index contributed by atoms with van der Waals surface area (Å²) in [6.07, 6.45) is 14.6. The molecule has 2 N–H and O–H groups in total. The third-order valence-electron chi connectivity index (χ3n) is 7.03. The Bertz CT molecular complexity index is 596. The van der Waals surface area contributed by atoms with E-state index in [2.05, 4.69) is 44.7 Å². The van der Waals surface area contributed by atoms with E-state index in [0.29, 0.717) is 23.9 Å². The summed E-state index contributed by atoms with van der Waals surface area (Å²) >= 11 is 11.4. The minimum atomic E-state index is 0.545. The molecule has 0 radical (unpaired) electrons. The van der Waals surface area contributed by atoms with E-state index in [-0.39, 0.29) is 0 Å². The van der Waals surface area contributed by atoms with Gasteiger partial charge in [0, 0.05) is 38.3 Å². The van der Waals surface area contributed by atoms with Gasteiger partial charge in [-0.3, -0.25) is 0 Å². The van der Waals surface area contributed by atoms with E-state index in [0.717, 1.165) is 48.2 Å². The molecule has 0 aromatic rings. The average molecular weight is 389 g/mol. The molecule has 0 unspecified atom stereocenters. The van der Waals surface area contributed by atoms with Gasteiger partial charge in [-0.05, 0) is 73.8 Å². The van der Waals surface area contributed by atoms with Gasteiger partial charge >= 0.3 is 0 Å². The summed E-state index contributed by atoms with van der Waals surface area (Å²) in [5.41, 5.74) is 0. The normalized spacial score (nSPS) is 39.7. The molecule has 4 nitrogen and oxygen atoms in total. The van der Waals surface area contributed by atoms with Crippen LogP contribution in [0.15, 0.2) is 24.3 Å². The number of thiocarbonyl (C=S) groups is 2. The molecule has 0 spiro atoms. The summed E-state index contributed by atoms with van der Waals surface area (Å²) in [6.45, 7) is 3.84. The molecule has 2 saturated carbocycles. The van der Waals surface area contributed by atoms with Crippen LogP contribution in [-0.4, -0.2) is 58.3 Å². The lowest BCUT2D eigenvalue weighted by atomic mass is 10.0. The summed E-state index contributed by atoms with van der Waals surface area (Å²) in [6, 6.07) is 1.09. The maximum absolute atomic E-state index is 5.70. The molecule has 6 heteroatoms. The predicted octanol–water partition coefficient (Wildman–Crippen LogP) is 2.28. The summed E-state index contributed by atoms with van der Waals surface area (Å²) < 4.78 is 0. The summed E-state index contributed by atoms with van der Waals surface area (Å²) in [7, 11) is 0. The van der Waals surface area contributed by atoms with Gasteiger partial charge in [0.2, 0.25) is 0 Å². The molecule has 26 heavy (non-hydrogen) atoms. The molecule has 5 aliphatic rings. The fourth-order valence-electron chi connectivity index (χ4n) is 5.51. The largest absolute Gasteiger partial charge is 0.359 e. The van der Waals surface area contributed by atoms with Gasteiger partial charge in [-0.15, -0.1) is 0 Å². The van der Waals surface area contributed by atoms with Crippen LogP contribution in [0.1, 0.15) is 25.7 Å². The third-order valence-corrected chi connectivity index (χ3v) is 7.78. The minimum Gasteiger partial charge on any atom is -0.359 e. The molecule has 3 fully saturated rings. The second kappa shape index (κ2) is 6.79. The van der Waals surface area contributed by atoms with Crippen LogP contribution in [0, 0.1) is 23.7 Å². The quantitative estimate of drug-likeness (QED) is 0.558. The molecule has 1 heterocycles. The first-order valence-electron chi connectivity index (χ1n) is 10.1. The zero-order chi connectivity index (χ0) is 17.7. The van der Waals surface area contributed by atoms with Crippen LogP contribution < -0.4 is 10.6 Å². The Morgan fingerprint density at radius 3 is 1.38 bits per heavy atom. The van der Waals surface area contributed by atoms with Crippen molar-refractivity contribution in [3.05, 3.63) is 24.3 Å². The fraction of sp³-hybridized carbons (Fsp3) is 0.700. The van der Waals surface area contributed by atoms with E-state index in [9.17, 15) is 0 Å². The highest BCUT2D eigenvalue weighted by Crippen LogP contribution is 2.39. The molecule has 5 rings (SSSR count). The van der Waals surface area contributed by atoms with Crippen LogP contribution in [0.5, 0.6) is 0 Å². The van der Waals surface area contributed by atoms with E-state index >= 15 is 0 Å². The van der Waals surface area contributed by atoms with Crippen LogP contribution in [0.4, 0.5) is 0 Å². The molecule has 4 bridgehead atoms. The fourth-order valence-corrected chi connectivity index (χ4v) is 6.17. The number of nitrogens with zero attached hydrogens (tertiary/aromatic N) is 2. The van der Waals surface area contributed by atoms with Crippen molar-refractivity contribution in [1.82, 2.24) is 20.4 Å². The van der Waals surface area contributed by atoms with Crippen LogP contribution in [0.2, 0.25) is 0 Å². The molecule has 6 atom stereocenters.